The van der Waals surface area contributed by atoms with Crippen LogP contribution in [0, 0.1) is 13.8 Å². The summed E-state index contributed by atoms with van der Waals surface area (Å²) >= 11 is 6.48. The molecule has 0 atom stereocenters. The SMILES string of the molecule is C=CCN1C(=O)/C(=C/c2cc(C)c(O)c(C)c2)SC1=S. The van der Waals surface area contributed by atoms with E-state index in [9.17, 15) is 9.90 Å². The fourth-order valence-corrected chi connectivity index (χ4v) is 3.29. The lowest BCUT2D eigenvalue weighted by molar-refractivity contribution is -0.121. The van der Waals surface area contributed by atoms with Gasteiger partial charge in [0.25, 0.3) is 5.91 Å². The monoisotopic (exact) mass is 305 g/mol. The summed E-state index contributed by atoms with van der Waals surface area (Å²) in [4.78, 5) is 14.3. The first-order valence-corrected chi connectivity index (χ1v) is 7.33. The average molecular weight is 305 g/mol. The second-order valence-corrected chi connectivity index (χ2v) is 6.26. The number of hydrogen-bond acceptors (Lipinski definition) is 4. The Morgan fingerprint density at radius 1 is 1.40 bits per heavy atom. The van der Waals surface area contributed by atoms with Gasteiger partial charge < -0.3 is 5.11 Å². The third-order valence-corrected chi connectivity index (χ3v) is 4.37. The van der Waals surface area contributed by atoms with Crippen LogP contribution in [0.1, 0.15) is 16.7 Å². The molecule has 1 aliphatic heterocycles. The minimum atomic E-state index is -0.0942. The van der Waals surface area contributed by atoms with Gasteiger partial charge >= 0.3 is 0 Å². The highest BCUT2D eigenvalue weighted by Crippen LogP contribution is 2.33. The van der Waals surface area contributed by atoms with Gasteiger partial charge in [-0.05, 0) is 48.7 Å². The molecule has 104 valence electrons. The molecule has 0 spiro atoms. The predicted octanol–water partition coefficient (Wildman–Crippen LogP) is 3.40. The number of aryl methyl sites for hydroxylation is 2. The van der Waals surface area contributed by atoms with Crippen molar-refractivity contribution in [3.05, 3.63) is 46.4 Å². The van der Waals surface area contributed by atoms with Gasteiger partial charge in [0, 0.05) is 6.54 Å². The van der Waals surface area contributed by atoms with Crippen molar-refractivity contribution >= 4 is 40.3 Å². The van der Waals surface area contributed by atoms with E-state index in [-0.39, 0.29) is 5.91 Å². The summed E-state index contributed by atoms with van der Waals surface area (Å²) in [5, 5.41) is 9.76. The van der Waals surface area contributed by atoms with E-state index in [2.05, 4.69) is 6.58 Å². The Balaban J connectivity index is 2.35. The molecule has 2 rings (SSSR count). The summed E-state index contributed by atoms with van der Waals surface area (Å²) in [5.74, 6) is 0.199. The van der Waals surface area contributed by atoms with Crippen LogP contribution in [0.5, 0.6) is 5.75 Å². The topological polar surface area (TPSA) is 40.5 Å². The summed E-state index contributed by atoms with van der Waals surface area (Å²) in [6.45, 7) is 7.72. The van der Waals surface area contributed by atoms with E-state index in [1.165, 1.54) is 16.7 Å². The zero-order valence-corrected chi connectivity index (χ0v) is 13.0. The van der Waals surface area contributed by atoms with Crippen LogP contribution in [0.2, 0.25) is 0 Å². The lowest BCUT2D eigenvalue weighted by Gasteiger charge is -2.10. The molecule has 1 fully saturated rings. The van der Waals surface area contributed by atoms with Gasteiger partial charge in [-0.1, -0.05) is 30.1 Å². The Kier molecular flexibility index (Phi) is 4.30. The second-order valence-electron chi connectivity index (χ2n) is 4.58. The van der Waals surface area contributed by atoms with Crippen LogP contribution in [0.3, 0.4) is 0 Å². The normalized spacial score (nSPS) is 17.1. The third kappa shape index (κ3) is 2.78. The van der Waals surface area contributed by atoms with E-state index >= 15 is 0 Å². The number of phenolic OH excluding ortho intramolecular Hbond substituents is 1. The van der Waals surface area contributed by atoms with Crippen molar-refractivity contribution in [2.75, 3.05) is 6.54 Å². The predicted molar refractivity (Wildman–Crippen MR) is 87.7 cm³/mol. The van der Waals surface area contributed by atoms with Crippen LogP contribution in [0.25, 0.3) is 6.08 Å². The van der Waals surface area contributed by atoms with Gasteiger partial charge in [0.2, 0.25) is 0 Å². The number of amides is 1. The highest BCUT2D eigenvalue weighted by molar-refractivity contribution is 8.26. The molecule has 1 aliphatic rings. The molecule has 0 saturated carbocycles. The highest BCUT2D eigenvalue weighted by atomic mass is 32.2. The van der Waals surface area contributed by atoms with Crippen molar-refractivity contribution in [2.45, 2.75) is 13.8 Å². The second kappa shape index (κ2) is 5.81. The third-order valence-electron chi connectivity index (χ3n) is 3.00. The quantitative estimate of drug-likeness (QED) is 0.528. The number of hydrogen-bond donors (Lipinski definition) is 1. The van der Waals surface area contributed by atoms with Crippen molar-refractivity contribution < 1.29 is 9.90 Å². The first kappa shape index (κ1) is 14.8. The molecule has 0 bridgehead atoms. The number of thioether (sulfide) groups is 1. The minimum absolute atomic E-state index is 0.0942. The first-order chi connectivity index (χ1) is 9.43. The van der Waals surface area contributed by atoms with E-state index in [1.807, 2.05) is 32.1 Å². The number of aromatic hydroxyl groups is 1. The maximum Gasteiger partial charge on any atom is 0.266 e. The van der Waals surface area contributed by atoms with E-state index in [1.54, 1.807) is 6.08 Å². The molecule has 20 heavy (non-hydrogen) atoms. The van der Waals surface area contributed by atoms with E-state index in [0.29, 0.717) is 21.5 Å². The molecule has 0 aromatic heterocycles. The largest absolute Gasteiger partial charge is 0.507 e. The molecule has 1 aromatic carbocycles. The van der Waals surface area contributed by atoms with Gasteiger partial charge in [-0.3, -0.25) is 9.69 Å². The Morgan fingerprint density at radius 3 is 2.55 bits per heavy atom. The zero-order chi connectivity index (χ0) is 14.9. The fourth-order valence-electron chi connectivity index (χ4n) is 2.01. The van der Waals surface area contributed by atoms with Gasteiger partial charge in [-0.25, -0.2) is 0 Å². The number of nitrogens with zero attached hydrogens (tertiary/aromatic N) is 1. The summed E-state index contributed by atoms with van der Waals surface area (Å²) in [6, 6.07) is 3.70. The van der Waals surface area contributed by atoms with Crippen molar-refractivity contribution in [2.24, 2.45) is 0 Å². The number of carbonyl (C=O) groups is 1. The lowest BCUT2D eigenvalue weighted by Crippen LogP contribution is -2.27. The minimum Gasteiger partial charge on any atom is -0.507 e. The van der Waals surface area contributed by atoms with Crippen LogP contribution in [0.4, 0.5) is 0 Å². The number of benzene rings is 1. The molecule has 1 amide bonds. The number of thiocarbonyl (C=S) groups is 1. The van der Waals surface area contributed by atoms with Crippen molar-refractivity contribution in [3.63, 3.8) is 0 Å². The summed E-state index contributed by atoms with van der Waals surface area (Å²) in [5.41, 5.74) is 2.47. The number of phenols is 1. The highest BCUT2D eigenvalue weighted by Gasteiger charge is 2.30. The van der Waals surface area contributed by atoms with E-state index in [0.717, 1.165) is 16.7 Å². The molecule has 1 N–H and O–H groups in total. The van der Waals surface area contributed by atoms with Crippen LogP contribution in [-0.4, -0.2) is 26.8 Å². The molecule has 1 aromatic rings. The first-order valence-electron chi connectivity index (χ1n) is 6.10. The standard InChI is InChI=1S/C15H15NO2S2/c1-4-5-16-14(18)12(20-15(16)19)8-11-6-9(2)13(17)10(3)7-11/h4,6-8,17H,1,5H2,2-3H3/b12-8-. The Morgan fingerprint density at radius 2 is 2.00 bits per heavy atom. The molecule has 3 nitrogen and oxygen atoms in total. The Hall–Kier alpha value is -1.59. The molecule has 1 saturated heterocycles. The van der Waals surface area contributed by atoms with Crippen molar-refractivity contribution in [1.82, 2.24) is 4.90 Å². The van der Waals surface area contributed by atoms with Crippen LogP contribution in [-0.2, 0) is 4.79 Å². The van der Waals surface area contributed by atoms with E-state index in [4.69, 9.17) is 12.2 Å². The molecular formula is C15H15NO2S2. The molecule has 5 heteroatoms. The lowest BCUT2D eigenvalue weighted by atomic mass is 10.1. The number of carbonyl (C=O) groups excluding carboxylic acids is 1. The molecular weight excluding hydrogens is 290 g/mol. The van der Waals surface area contributed by atoms with E-state index < -0.39 is 0 Å². The van der Waals surface area contributed by atoms with Crippen LogP contribution in [0.15, 0.2) is 29.7 Å². The maximum absolute atomic E-state index is 12.2. The molecule has 0 radical (unpaired) electrons. The smallest absolute Gasteiger partial charge is 0.266 e. The Bertz CT molecular complexity index is 612. The Labute approximate surface area is 128 Å². The van der Waals surface area contributed by atoms with Crippen LogP contribution < -0.4 is 0 Å². The molecule has 0 aliphatic carbocycles. The zero-order valence-electron chi connectivity index (χ0n) is 11.3. The number of rotatable bonds is 3. The van der Waals surface area contributed by atoms with Gasteiger partial charge in [-0.15, -0.1) is 6.58 Å². The summed E-state index contributed by atoms with van der Waals surface area (Å²) in [6.07, 6.45) is 3.46. The summed E-state index contributed by atoms with van der Waals surface area (Å²) in [7, 11) is 0. The van der Waals surface area contributed by atoms with Gasteiger partial charge in [0.15, 0.2) is 0 Å². The van der Waals surface area contributed by atoms with Gasteiger partial charge in [0.05, 0.1) is 4.91 Å². The van der Waals surface area contributed by atoms with Gasteiger partial charge in [0.1, 0.15) is 10.1 Å². The fraction of sp³-hybridized carbons (Fsp3) is 0.200. The summed E-state index contributed by atoms with van der Waals surface area (Å²) < 4.78 is 0.549. The molecule has 1 heterocycles. The van der Waals surface area contributed by atoms with Crippen LogP contribution >= 0.6 is 24.0 Å². The van der Waals surface area contributed by atoms with Crippen molar-refractivity contribution in [3.8, 4) is 5.75 Å². The van der Waals surface area contributed by atoms with Crippen molar-refractivity contribution in [1.29, 1.82) is 0 Å². The maximum atomic E-state index is 12.2. The van der Waals surface area contributed by atoms with Gasteiger partial charge in [-0.2, -0.15) is 0 Å². The average Bonchev–Trinajstić information content (AvgIpc) is 2.64. The molecule has 0 unspecified atom stereocenters.